The summed E-state index contributed by atoms with van der Waals surface area (Å²) in [6.45, 7) is 7.18. The van der Waals surface area contributed by atoms with Gasteiger partial charge in [-0.15, -0.1) is 0 Å². The molecule has 0 radical (unpaired) electrons. The van der Waals surface area contributed by atoms with E-state index in [9.17, 15) is 4.79 Å². The molecule has 0 aromatic rings. The van der Waals surface area contributed by atoms with E-state index in [0.717, 1.165) is 51.6 Å². The van der Waals surface area contributed by atoms with Crippen molar-refractivity contribution in [1.29, 1.82) is 0 Å². The molecular weight excluding hydrogens is 252 g/mol. The first-order chi connectivity index (χ1) is 9.71. The van der Waals surface area contributed by atoms with Gasteiger partial charge in [0.25, 0.3) is 0 Å². The van der Waals surface area contributed by atoms with Gasteiger partial charge in [0.15, 0.2) is 0 Å². The van der Waals surface area contributed by atoms with Crippen molar-refractivity contribution in [3.8, 4) is 0 Å². The molecule has 1 N–H and O–H groups in total. The number of hydrogen-bond donors (Lipinski definition) is 1. The third kappa shape index (κ3) is 3.34. The van der Waals surface area contributed by atoms with Crippen molar-refractivity contribution < 1.29 is 9.53 Å². The normalized spacial score (nSPS) is 33.5. The molecule has 4 heteroatoms. The smallest absolute Gasteiger partial charge is 0.241 e. The van der Waals surface area contributed by atoms with Crippen LogP contribution in [0.1, 0.15) is 65.7 Å². The molecule has 0 aromatic heterocycles. The SMILES string of the molecule is CCCCC1NC(CCC)N(C2CC(OCC)C2)C1=O. The highest BCUT2D eigenvalue weighted by atomic mass is 16.5. The van der Waals surface area contributed by atoms with Crippen LogP contribution >= 0.6 is 0 Å². The molecule has 2 aliphatic rings. The zero-order chi connectivity index (χ0) is 14.5. The molecule has 2 atom stereocenters. The van der Waals surface area contributed by atoms with Crippen LogP contribution in [0.5, 0.6) is 0 Å². The third-order valence-corrected chi connectivity index (χ3v) is 4.56. The van der Waals surface area contributed by atoms with Gasteiger partial charge in [0.2, 0.25) is 5.91 Å². The van der Waals surface area contributed by atoms with E-state index in [0.29, 0.717) is 18.1 Å². The number of nitrogens with one attached hydrogen (secondary N) is 1. The fourth-order valence-corrected chi connectivity index (χ4v) is 3.40. The summed E-state index contributed by atoms with van der Waals surface area (Å²) in [5.74, 6) is 0.330. The van der Waals surface area contributed by atoms with Crippen molar-refractivity contribution in [3.05, 3.63) is 0 Å². The Morgan fingerprint density at radius 3 is 2.55 bits per heavy atom. The van der Waals surface area contributed by atoms with Crippen LogP contribution in [-0.4, -0.2) is 41.8 Å². The number of carbonyl (C=O) groups is 1. The minimum absolute atomic E-state index is 0.0534. The Bertz CT molecular complexity index is 316. The Morgan fingerprint density at radius 1 is 1.20 bits per heavy atom. The quantitative estimate of drug-likeness (QED) is 0.744. The van der Waals surface area contributed by atoms with Crippen LogP contribution in [0.15, 0.2) is 0 Å². The third-order valence-electron chi connectivity index (χ3n) is 4.56. The molecule has 1 aliphatic carbocycles. The lowest BCUT2D eigenvalue weighted by molar-refractivity contribution is -0.138. The predicted octanol–water partition coefficient (Wildman–Crippen LogP) is 2.67. The van der Waals surface area contributed by atoms with Gasteiger partial charge in [0.05, 0.1) is 18.3 Å². The lowest BCUT2D eigenvalue weighted by Crippen LogP contribution is -2.53. The van der Waals surface area contributed by atoms with Crippen molar-refractivity contribution in [3.63, 3.8) is 0 Å². The molecule has 1 saturated heterocycles. The van der Waals surface area contributed by atoms with E-state index in [1.54, 1.807) is 0 Å². The summed E-state index contributed by atoms with van der Waals surface area (Å²) in [6.07, 6.45) is 8.09. The van der Waals surface area contributed by atoms with Gasteiger partial charge in [0.1, 0.15) is 0 Å². The van der Waals surface area contributed by atoms with Crippen molar-refractivity contribution in [2.45, 2.75) is 90.1 Å². The highest BCUT2D eigenvalue weighted by Crippen LogP contribution is 2.33. The summed E-state index contributed by atoms with van der Waals surface area (Å²) in [7, 11) is 0. The number of amides is 1. The second-order valence-electron chi connectivity index (χ2n) is 6.11. The molecular formula is C16H30N2O2. The number of rotatable bonds is 8. The maximum atomic E-state index is 12.6. The standard InChI is InChI=1S/C16H30N2O2/c1-4-7-9-14-16(19)18(15(17-14)8-5-2)12-10-13(11-12)20-6-3/h12-15,17H,4-11H2,1-3H3. The largest absolute Gasteiger partial charge is 0.378 e. The molecule has 1 aliphatic heterocycles. The average Bonchev–Trinajstić information content (AvgIpc) is 2.68. The van der Waals surface area contributed by atoms with E-state index in [1.807, 2.05) is 6.92 Å². The zero-order valence-corrected chi connectivity index (χ0v) is 13.2. The molecule has 2 fully saturated rings. The number of nitrogens with zero attached hydrogens (tertiary/aromatic N) is 1. The lowest BCUT2D eigenvalue weighted by atomic mass is 9.87. The number of unbranched alkanes of at least 4 members (excludes halogenated alkanes) is 1. The van der Waals surface area contributed by atoms with Gasteiger partial charge in [-0.3, -0.25) is 10.1 Å². The highest BCUT2D eigenvalue weighted by Gasteiger charge is 2.46. The minimum atomic E-state index is 0.0534. The first-order valence-corrected chi connectivity index (χ1v) is 8.41. The van der Waals surface area contributed by atoms with Gasteiger partial charge in [-0.05, 0) is 32.6 Å². The summed E-state index contributed by atoms with van der Waals surface area (Å²) >= 11 is 0. The van der Waals surface area contributed by atoms with Crippen LogP contribution in [0, 0.1) is 0 Å². The van der Waals surface area contributed by atoms with Gasteiger partial charge >= 0.3 is 0 Å². The Labute approximate surface area is 123 Å². The second kappa shape index (κ2) is 7.41. The fraction of sp³-hybridized carbons (Fsp3) is 0.938. The van der Waals surface area contributed by atoms with Crippen molar-refractivity contribution in [2.75, 3.05) is 6.61 Å². The van der Waals surface area contributed by atoms with Crippen LogP contribution in [0.2, 0.25) is 0 Å². The summed E-state index contributed by atoms with van der Waals surface area (Å²) in [4.78, 5) is 14.8. The zero-order valence-electron chi connectivity index (χ0n) is 13.2. The molecule has 4 nitrogen and oxygen atoms in total. The molecule has 0 spiro atoms. The van der Waals surface area contributed by atoms with Crippen LogP contribution in [0.25, 0.3) is 0 Å². The summed E-state index contributed by atoms with van der Waals surface area (Å²) in [5.41, 5.74) is 0. The number of hydrogen-bond acceptors (Lipinski definition) is 3. The van der Waals surface area contributed by atoms with E-state index in [4.69, 9.17) is 4.74 Å². The second-order valence-corrected chi connectivity index (χ2v) is 6.11. The van der Waals surface area contributed by atoms with Gasteiger partial charge < -0.3 is 9.64 Å². The van der Waals surface area contributed by atoms with Crippen LogP contribution in [0.3, 0.4) is 0 Å². The average molecular weight is 282 g/mol. The Kier molecular flexibility index (Phi) is 5.85. The first-order valence-electron chi connectivity index (χ1n) is 8.41. The van der Waals surface area contributed by atoms with Crippen molar-refractivity contribution >= 4 is 5.91 Å². The molecule has 2 rings (SSSR count). The summed E-state index contributed by atoms with van der Waals surface area (Å²) < 4.78 is 5.63. The Hall–Kier alpha value is -0.610. The predicted molar refractivity (Wildman–Crippen MR) is 80.4 cm³/mol. The van der Waals surface area contributed by atoms with Crippen molar-refractivity contribution in [2.24, 2.45) is 0 Å². The molecule has 2 unspecified atom stereocenters. The minimum Gasteiger partial charge on any atom is -0.378 e. The van der Waals surface area contributed by atoms with E-state index >= 15 is 0 Å². The molecule has 0 bridgehead atoms. The van der Waals surface area contributed by atoms with E-state index < -0.39 is 0 Å². The lowest BCUT2D eigenvalue weighted by Gasteiger charge is -2.43. The van der Waals surface area contributed by atoms with Crippen LogP contribution < -0.4 is 5.32 Å². The van der Waals surface area contributed by atoms with Crippen LogP contribution in [-0.2, 0) is 9.53 Å². The van der Waals surface area contributed by atoms with Gasteiger partial charge in [-0.25, -0.2) is 0 Å². The molecule has 1 amide bonds. The topological polar surface area (TPSA) is 41.6 Å². The first kappa shape index (κ1) is 15.8. The maximum Gasteiger partial charge on any atom is 0.241 e. The monoisotopic (exact) mass is 282 g/mol. The molecule has 1 saturated carbocycles. The van der Waals surface area contributed by atoms with Gasteiger partial charge in [-0.2, -0.15) is 0 Å². The summed E-state index contributed by atoms with van der Waals surface area (Å²) in [6, 6.07) is 0.451. The maximum absolute atomic E-state index is 12.6. The molecule has 20 heavy (non-hydrogen) atoms. The molecule has 1 heterocycles. The van der Waals surface area contributed by atoms with Gasteiger partial charge in [0, 0.05) is 12.6 Å². The highest BCUT2D eigenvalue weighted by molar-refractivity contribution is 5.84. The number of carbonyl (C=O) groups excluding carboxylic acids is 1. The van der Waals surface area contributed by atoms with E-state index in [2.05, 4.69) is 24.1 Å². The van der Waals surface area contributed by atoms with Crippen molar-refractivity contribution in [1.82, 2.24) is 10.2 Å². The van der Waals surface area contributed by atoms with E-state index in [-0.39, 0.29) is 12.2 Å². The van der Waals surface area contributed by atoms with E-state index in [1.165, 1.54) is 0 Å². The fourth-order valence-electron chi connectivity index (χ4n) is 3.40. The van der Waals surface area contributed by atoms with Gasteiger partial charge in [-0.1, -0.05) is 33.1 Å². The Morgan fingerprint density at radius 2 is 1.95 bits per heavy atom. The van der Waals surface area contributed by atoms with Crippen LogP contribution in [0.4, 0.5) is 0 Å². The molecule has 0 aromatic carbocycles. The summed E-state index contributed by atoms with van der Waals surface area (Å²) in [5, 5.41) is 3.56. The molecule has 116 valence electrons. The number of ether oxygens (including phenoxy) is 1. The Balaban J connectivity index is 1.92.